The summed E-state index contributed by atoms with van der Waals surface area (Å²) in [7, 11) is 1.70. The van der Waals surface area contributed by atoms with E-state index in [4.69, 9.17) is 0 Å². The van der Waals surface area contributed by atoms with Crippen molar-refractivity contribution in [3.63, 3.8) is 0 Å². The smallest absolute Gasteiger partial charge is 0.317 e. The molecule has 2 rings (SSSR count). The molecule has 2 aliphatic rings. The van der Waals surface area contributed by atoms with Gasteiger partial charge in [0.1, 0.15) is 0 Å². The molecule has 2 aliphatic heterocycles. The Balaban J connectivity index is 1.99. The van der Waals surface area contributed by atoms with Crippen LogP contribution in [-0.4, -0.2) is 43.2 Å². The molecule has 2 N–H and O–H groups in total. The van der Waals surface area contributed by atoms with Crippen molar-refractivity contribution in [2.24, 2.45) is 0 Å². The average molecular weight is 197 g/mol. The normalized spacial score (nSPS) is 32.2. The molecule has 1 unspecified atom stereocenters. The average Bonchev–Trinajstić information content (AvgIpc) is 2.65. The van der Waals surface area contributed by atoms with Crippen LogP contribution in [0.4, 0.5) is 4.79 Å². The van der Waals surface area contributed by atoms with Gasteiger partial charge in [0, 0.05) is 25.7 Å². The topological polar surface area (TPSA) is 44.4 Å². The molecule has 0 aromatic heterocycles. The third kappa shape index (κ3) is 1.71. The maximum Gasteiger partial charge on any atom is 0.317 e. The molecule has 80 valence electrons. The Morgan fingerprint density at radius 3 is 2.86 bits per heavy atom. The van der Waals surface area contributed by atoms with Crippen molar-refractivity contribution in [2.75, 3.05) is 26.7 Å². The Labute approximate surface area is 85.0 Å². The monoisotopic (exact) mass is 197 g/mol. The number of amides is 2. The third-order valence-corrected chi connectivity index (χ3v) is 3.41. The Kier molecular flexibility index (Phi) is 2.63. The van der Waals surface area contributed by atoms with Crippen LogP contribution in [0, 0.1) is 0 Å². The number of nitrogens with zero attached hydrogens (tertiary/aromatic N) is 1. The van der Waals surface area contributed by atoms with Crippen molar-refractivity contribution in [2.45, 2.75) is 31.2 Å². The fraction of sp³-hybridized carbons (Fsp3) is 0.900. The van der Waals surface area contributed by atoms with E-state index in [1.54, 1.807) is 7.05 Å². The van der Waals surface area contributed by atoms with Crippen LogP contribution in [0.5, 0.6) is 0 Å². The summed E-state index contributed by atoms with van der Waals surface area (Å²) in [4.78, 5) is 13.4. The second kappa shape index (κ2) is 3.77. The van der Waals surface area contributed by atoms with E-state index >= 15 is 0 Å². The van der Waals surface area contributed by atoms with Crippen LogP contribution >= 0.6 is 0 Å². The van der Waals surface area contributed by atoms with Crippen molar-refractivity contribution < 1.29 is 4.79 Å². The second-order valence-electron chi connectivity index (χ2n) is 4.39. The highest BCUT2D eigenvalue weighted by molar-refractivity contribution is 5.74. The molecule has 14 heavy (non-hydrogen) atoms. The minimum Gasteiger partial charge on any atom is -0.341 e. The predicted octanol–water partition coefficient (Wildman–Crippen LogP) is 0.544. The van der Waals surface area contributed by atoms with Crippen LogP contribution in [0.25, 0.3) is 0 Å². The van der Waals surface area contributed by atoms with Crippen LogP contribution in [0.15, 0.2) is 0 Å². The highest BCUT2D eigenvalue weighted by Crippen LogP contribution is 2.29. The van der Waals surface area contributed by atoms with Crippen LogP contribution in [0.1, 0.15) is 25.7 Å². The summed E-state index contributed by atoms with van der Waals surface area (Å²) in [5.41, 5.74) is 0.241. The van der Waals surface area contributed by atoms with Gasteiger partial charge in [-0.15, -0.1) is 0 Å². The third-order valence-electron chi connectivity index (χ3n) is 3.41. The van der Waals surface area contributed by atoms with E-state index in [9.17, 15) is 4.79 Å². The molecule has 0 radical (unpaired) electrons. The van der Waals surface area contributed by atoms with Crippen molar-refractivity contribution >= 4 is 6.03 Å². The van der Waals surface area contributed by atoms with E-state index in [1.165, 1.54) is 19.3 Å². The van der Waals surface area contributed by atoms with Crippen LogP contribution in [0.3, 0.4) is 0 Å². The standard InChI is InChI=1S/C10H19N3O/c1-11-9(14)13-7-3-5-10(8-13)4-2-6-12-10/h12H,2-8H2,1H3,(H,11,14). The highest BCUT2D eigenvalue weighted by atomic mass is 16.2. The minimum absolute atomic E-state index is 0.0674. The fourth-order valence-electron chi connectivity index (χ4n) is 2.68. The zero-order valence-corrected chi connectivity index (χ0v) is 8.81. The second-order valence-corrected chi connectivity index (χ2v) is 4.39. The van der Waals surface area contributed by atoms with Gasteiger partial charge in [0.2, 0.25) is 0 Å². The lowest BCUT2D eigenvalue weighted by molar-refractivity contribution is 0.143. The number of likely N-dealkylation sites (tertiary alicyclic amines) is 1. The molecule has 0 aromatic rings. The molecular weight excluding hydrogens is 178 g/mol. The maximum atomic E-state index is 11.5. The molecule has 2 heterocycles. The molecule has 4 heteroatoms. The molecule has 4 nitrogen and oxygen atoms in total. The maximum absolute atomic E-state index is 11.5. The number of hydrogen-bond donors (Lipinski definition) is 2. The summed E-state index contributed by atoms with van der Waals surface area (Å²) in [6, 6.07) is 0.0674. The zero-order valence-electron chi connectivity index (χ0n) is 8.81. The van der Waals surface area contributed by atoms with Gasteiger partial charge in [-0.05, 0) is 32.2 Å². The van der Waals surface area contributed by atoms with Crippen LogP contribution in [-0.2, 0) is 0 Å². The van der Waals surface area contributed by atoms with Gasteiger partial charge in [-0.25, -0.2) is 4.79 Å². The molecule has 1 spiro atoms. The van der Waals surface area contributed by atoms with E-state index in [2.05, 4.69) is 10.6 Å². The van der Waals surface area contributed by atoms with Gasteiger partial charge in [0.15, 0.2) is 0 Å². The predicted molar refractivity (Wildman–Crippen MR) is 55.2 cm³/mol. The Bertz CT molecular complexity index is 223. The van der Waals surface area contributed by atoms with Gasteiger partial charge < -0.3 is 15.5 Å². The van der Waals surface area contributed by atoms with Crippen molar-refractivity contribution in [3.8, 4) is 0 Å². The number of nitrogens with one attached hydrogen (secondary N) is 2. The summed E-state index contributed by atoms with van der Waals surface area (Å²) >= 11 is 0. The Morgan fingerprint density at radius 2 is 2.21 bits per heavy atom. The lowest BCUT2D eigenvalue weighted by Crippen LogP contribution is -2.56. The molecule has 0 bridgehead atoms. The highest BCUT2D eigenvalue weighted by Gasteiger charge is 2.38. The first kappa shape index (κ1) is 9.77. The van der Waals surface area contributed by atoms with Crippen LogP contribution in [0.2, 0.25) is 0 Å². The molecule has 2 saturated heterocycles. The first-order chi connectivity index (χ1) is 6.76. The van der Waals surface area contributed by atoms with Crippen molar-refractivity contribution in [3.05, 3.63) is 0 Å². The summed E-state index contributed by atoms with van der Waals surface area (Å²) < 4.78 is 0. The number of rotatable bonds is 0. The molecule has 2 amide bonds. The molecule has 1 atom stereocenters. The first-order valence-corrected chi connectivity index (χ1v) is 5.47. The van der Waals surface area contributed by atoms with Gasteiger partial charge >= 0.3 is 6.03 Å². The van der Waals surface area contributed by atoms with Gasteiger partial charge in [-0.2, -0.15) is 0 Å². The van der Waals surface area contributed by atoms with E-state index in [-0.39, 0.29) is 11.6 Å². The number of piperidine rings is 1. The molecule has 0 aromatic carbocycles. The number of carbonyl (C=O) groups excluding carboxylic acids is 1. The van der Waals surface area contributed by atoms with E-state index in [0.29, 0.717) is 0 Å². The van der Waals surface area contributed by atoms with Crippen molar-refractivity contribution in [1.82, 2.24) is 15.5 Å². The summed E-state index contributed by atoms with van der Waals surface area (Å²) in [6.07, 6.45) is 4.82. The summed E-state index contributed by atoms with van der Waals surface area (Å²) in [5, 5.41) is 6.26. The number of carbonyl (C=O) groups is 1. The molecule has 2 fully saturated rings. The van der Waals surface area contributed by atoms with E-state index < -0.39 is 0 Å². The fourth-order valence-corrected chi connectivity index (χ4v) is 2.68. The largest absolute Gasteiger partial charge is 0.341 e. The van der Waals surface area contributed by atoms with Gasteiger partial charge in [0.25, 0.3) is 0 Å². The van der Waals surface area contributed by atoms with Gasteiger partial charge in [-0.3, -0.25) is 0 Å². The van der Waals surface area contributed by atoms with Gasteiger partial charge in [0.05, 0.1) is 0 Å². The van der Waals surface area contributed by atoms with E-state index in [0.717, 1.165) is 26.1 Å². The van der Waals surface area contributed by atoms with E-state index in [1.807, 2.05) is 4.90 Å². The van der Waals surface area contributed by atoms with Gasteiger partial charge in [-0.1, -0.05) is 0 Å². The van der Waals surface area contributed by atoms with Crippen LogP contribution < -0.4 is 10.6 Å². The molecular formula is C10H19N3O. The molecule has 0 saturated carbocycles. The SMILES string of the molecule is CNC(=O)N1CCCC2(CCCN2)C1. The first-order valence-electron chi connectivity index (χ1n) is 5.47. The minimum atomic E-state index is 0.0674. The lowest BCUT2D eigenvalue weighted by Gasteiger charge is -2.40. The number of hydrogen-bond acceptors (Lipinski definition) is 2. The Morgan fingerprint density at radius 1 is 1.43 bits per heavy atom. The zero-order chi connectivity index (χ0) is 10.0. The summed E-state index contributed by atoms with van der Waals surface area (Å²) in [6.45, 7) is 2.90. The quantitative estimate of drug-likeness (QED) is 0.595. The lowest BCUT2D eigenvalue weighted by atomic mass is 9.88. The Hall–Kier alpha value is -0.770. The summed E-state index contributed by atoms with van der Waals surface area (Å²) in [5.74, 6) is 0. The van der Waals surface area contributed by atoms with Crippen molar-refractivity contribution in [1.29, 1.82) is 0 Å². The number of urea groups is 1. The molecule has 0 aliphatic carbocycles.